The van der Waals surface area contributed by atoms with Gasteiger partial charge in [-0.15, -0.1) is 11.3 Å². The second-order valence-corrected chi connectivity index (χ2v) is 8.26. The number of aryl methyl sites for hydroxylation is 1. The Bertz CT molecular complexity index is 797. The molecular weight excluding hydrogens is 368 g/mol. The van der Waals surface area contributed by atoms with E-state index < -0.39 is 0 Å². The van der Waals surface area contributed by atoms with Crippen LogP contribution in [0.25, 0.3) is 0 Å². The summed E-state index contributed by atoms with van der Waals surface area (Å²) in [6.07, 6.45) is 2.76. The van der Waals surface area contributed by atoms with Gasteiger partial charge in [0.25, 0.3) is 0 Å². The number of likely N-dealkylation sites (tertiary alicyclic amines) is 1. The molecule has 3 rings (SSSR count). The lowest BCUT2D eigenvalue weighted by atomic mass is 10.1. The van der Waals surface area contributed by atoms with Gasteiger partial charge in [0.15, 0.2) is 5.96 Å². The maximum Gasteiger partial charge on any atom is 0.222 e. The second-order valence-electron chi connectivity index (χ2n) is 7.01. The fraction of sp³-hybridized carbons (Fsp3) is 0.455. The predicted octanol–water partition coefficient (Wildman–Crippen LogP) is 3.69. The van der Waals surface area contributed by atoms with E-state index in [4.69, 9.17) is 4.99 Å². The van der Waals surface area contributed by atoms with Gasteiger partial charge in [0.1, 0.15) is 0 Å². The minimum absolute atomic E-state index is 0.270. The Balaban J connectivity index is 1.53. The van der Waals surface area contributed by atoms with Crippen molar-refractivity contribution in [3.63, 3.8) is 0 Å². The zero-order valence-corrected chi connectivity index (χ0v) is 17.6. The number of nitrogens with zero attached hydrogens (tertiary/aromatic N) is 2. The molecule has 2 N–H and O–H groups in total. The van der Waals surface area contributed by atoms with Crippen LogP contribution in [0.2, 0.25) is 0 Å². The minimum atomic E-state index is 0.270. The molecule has 1 aliphatic rings. The highest BCUT2D eigenvalue weighted by atomic mass is 32.1. The number of hydrogen-bond donors (Lipinski definition) is 2. The van der Waals surface area contributed by atoms with Crippen LogP contribution in [-0.2, 0) is 30.8 Å². The summed E-state index contributed by atoms with van der Waals surface area (Å²) in [4.78, 5) is 21.1. The van der Waals surface area contributed by atoms with E-state index in [0.29, 0.717) is 19.5 Å². The highest BCUT2D eigenvalue weighted by Gasteiger charge is 2.19. The zero-order valence-electron chi connectivity index (χ0n) is 16.8. The molecule has 2 heterocycles. The van der Waals surface area contributed by atoms with Crippen molar-refractivity contribution in [2.45, 2.75) is 52.7 Å². The first kappa shape index (κ1) is 20.4. The Hall–Kier alpha value is -2.34. The van der Waals surface area contributed by atoms with Crippen LogP contribution in [0.3, 0.4) is 0 Å². The van der Waals surface area contributed by atoms with Crippen molar-refractivity contribution in [2.24, 2.45) is 4.99 Å². The predicted molar refractivity (Wildman–Crippen MR) is 116 cm³/mol. The van der Waals surface area contributed by atoms with E-state index in [1.165, 1.54) is 15.3 Å². The number of thiophene rings is 1. The van der Waals surface area contributed by atoms with Crippen molar-refractivity contribution < 1.29 is 4.79 Å². The summed E-state index contributed by atoms with van der Waals surface area (Å²) in [6.45, 7) is 8.11. The van der Waals surface area contributed by atoms with Crippen molar-refractivity contribution in [1.82, 2.24) is 15.5 Å². The van der Waals surface area contributed by atoms with Gasteiger partial charge in [0, 0.05) is 35.8 Å². The molecule has 5 nitrogen and oxygen atoms in total. The zero-order chi connectivity index (χ0) is 19.8. The molecule has 1 aromatic heterocycles. The summed E-state index contributed by atoms with van der Waals surface area (Å²) in [5.41, 5.74) is 2.34. The molecule has 1 saturated heterocycles. The minimum Gasteiger partial charge on any atom is -0.357 e. The van der Waals surface area contributed by atoms with Crippen molar-refractivity contribution in [3.05, 3.63) is 57.3 Å². The molecule has 0 unspecified atom stereocenters. The van der Waals surface area contributed by atoms with Crippen LogP contribution in [-0.4, -0.2) is 29.9 Å². The number of amides is 1. The maximum absolute atomic E-state index is 11.8. The van der Waals surface area contributed by atoms with Gasteiger partial charge in [0.2, 0.25) is 5.91 Å². The van der Waals surface area contributed by atoms with E-state index in [2.05, 4.69) is 60.9 Å². The lowest BCUT2D eigenvalue weighted by Gasteiger charge is -2.15. The fourth-order valence-electron chi connectivity index (χ4n) is 3.23. The molecule has 28 heavy (non-hydrogen) atoms. The Morgan fingerprint density at radius 3 is 2.46 bits per heavy atom. The van der Waals surface area contributed by atoms with Gasteiger partial charge < -0.3 is 15.5 Å². The van der Waals surface area contributed by atoms with Crippen LogP contribution in [0.1, 0.15) is 47.6 Å². The fourth-order valence-corrected chi connectivity index (χ4v) is 4.13. The van der Waals surface area contributed by atoms with Gasteiger partial charge in [-0.2, -0.15) is 0 Å². The third kappa shape index (κ3) is 5.83. The van der Waals surface area contributed by atoms with Gasteiger partial charge in [0.05, 0.1) is 13.1 Å². The number of carbonyl (C=O) groups excluding carboxylic acids is 1. The average Bonchev–Trinajstić information content (AvgIpc) is 3.34. The molecule has 1 fully saturated rings. The average molecular weight is 399 g/mol. The summed E-state index contributed by atoms with van der Waals surface area (Å²) in [5.74, 6) is 1.10. The Morgan fingerprint density at radius 2 is 1.82 bits per heavy atom. The van der Waals surface area contributed by atoms with E-state index >= 15 is 0 Å². The van der Waals surface area contributed by atoms with E-state index in [1.807, 2.05) is 16.2 Å². The molecular formula is C22H30N4OS. The van der Waals surface area contributed by atoms with Crippen LogP contribution in [0, 0.1) is 0 Å². The Labute approximate surface area is 171 Å². The quantitative estimate of drug-likeness (QED) is 0.527. The first-order valence-electron chi connectivity index (χ1n) is 10.1. The first-order valence-corrected chi connectivity index (χ1v) is 10.9. The van der Waals surface area contributed by atoms with Gasteiger partial charge >= 0.3 is 0 Å². The molecule has 1 aromatic carbocycles. The topological polar surface area (TPSA) is 56.7 Å². The van der Waals surface area contributed by atoms with E-state index in [1.54, 1.807) is 0 Å². The van der Waals surface area contributed by atoms with Crippen LogP contribution in [0.4, 0.5) is 0 Å². The largest absolute Gasteiger partial charge is 0.357 e. The summed E-state index contributed by atoms with van der Waals surface area (Å²) in [5, 5.41) is 6.72. The highest BCUT2D eigenvalue weighted by molar-refractivity contribution is 7.11. The summed E-state index contributed by atoms with van der Waals surface area (Å²) >= 11 is 1.85. The Morgan fingerprint density at radius 1 is 1.07 bits per heavy atom. The van der Waals surface area contributed by atoms with E-state index in [-0.39, 0.29) is 5.91 Å². The second kappa shape index (κ2) is 10.3. The summed E-state index contributed by atoms with van der Waals surface area (Å²) < 4.78 is 0. The molecule has 0 atom stereocenters. The van der Waals surface area contributed by atoms with Gasteiger partial charge in [-0.3, -0.25) is 4.79 Å². The van der Waals surface area contributed by atoms with E-state index in [0.717, 1.165) is 44.0 Å². The summed E-state index contributed by atoms with van der Waals surface area (Å²) in [7, 11) is 0. The lowest BCUT2D eigenvalue weighted by Crippen LogP contribution is -2.36. The molecule has 0 bridgehead atoms. The smallest absolute Gasteiger partial charge is 0.222 e. The van der Waals surface area contributed by atoms with Crippen LogP contribution in [0.15, 0.2) is 41.4 Å². The number of benzene rings is 1. The lowest BCUT2D eigenvalue weighted by molar-refractivity contribution is -0.128. The van der Waals surface area contributed by atoms with Gasteiger partial charge in [-0.05, 0) is 43.0 Å². The molecule has 150 valence electrons. The van der Waals surface area contributed by atoms with E-state index in [9.17, 15) is 4.79 Å². The highest BCUT2D eigenvalue weighted by Crippen LogP contribution is 2.17. The molecule has 6 heteroatoms. The molecule has 1 amide bonds. The van der Waals surface area contributed by atoms with Crippen molar-refractivity contribution in [2.75, 3.05) is 13.1 Å². The molecule has 0 radical (unpaired) electrons. The van der Waals surface area contributed by atoms with Crippen molar-refractivity contribution in [3.8, 4) is 0 Å². The SMILES string of the molecule is CCNC(=NCc1ccc(CN2CCCC2=O)cc1)NCc1ccc(CC)s1. The van der Waals surface area contributed by atoms with Crippen molar-refractivity contribution >= 4 is 23.2 Å². The number of nitrogens with one attached hydrogen (secondary N) is 2. The molecule has 1 aliphatic heterocycles. The normalized spacial score (nSPS) is 14.6. The third-order valence-electron chi connectivity index (χ3n) is 4.83. The number of guanidine groups is 1. The molecule has 2 aromatic rings. The molecule has 0 spiro atoms. The summed E-state index contributed by atoms with van der Waals surface area (Å²) in [6, 6.07) is 12.8. The molecule has 0 aliphatic carbocycles. The number of hydrogen-bond acceptors (Lipinski definition) is 3. The maximum atomic E-state index is 11.8. The molecule has 0 saturated carbocycles. The number of rotatable bonds is 8. The number of aliphatic imine (C=N–C) groups is 1. The van der Waals surface area contributed by atoms with Crippen molar-refractivity contribution in [1.29, 1.82) is 0 Å². The monoisotopic (exact) mass is 398 g/mol. The third-order valence-corrected chi connectivity index (χ3v) is 6.06. The first-order chi connectivity index (χ1) is 13.7. The number of carbonyl (C=O) groups is 1. The standard InChI is InChI=1S/C22H30N4OS/c1-3-19-11-12-20(28-19)15-25-22(23-4-2)24-14-17-7-9-18(10-8-17)16-26-13-5-6-21(26)27/h7-12H,3-6,13-16H2,1-2H3,(H2,23,24,25). The van der Waals surface area contributed by atoms with Gasteiger partial charge in [-0.1, -0.05) is 31.2 Å². The van der Waals surface area contributed by atoms with Crippen LogP contribution >= 0.6 is 11.3 Å². The van der Waals surface area contributed by atoms with Crippen LogP contribution < -0.4 is 10.6 Å². The Kier molecular flexibility index (Phi) is 7.48. The van der Waals surface area contributed by atoms with Gasteiger partial charge in [-0.25, -0.2) is 4.99 Å². The van der Waals surface area contributed by atoms with Crippen LogP contribution in [0.5, 0.6) is 0 Å².